The third-order valence-electron chi connectivity index (χ3n) is 3.94. The van der Waals surface area contributed by atoms with Crippen molar-refractivity contribution in [1.29, 1.82) is 0 Å². The third-order valence-corrected chi connectivity index (χ3v) is 3.94. The number of methoxy groups -OCH3 is 1. The molecule has 1 atom stereocenters. The highest BCUT2D eigenvalue weighted by Gasteiger charge is 2.17. The van der Waals surface area contributed by atoms with Gasteiger partial charge in [-0.25, -0.2) is 0 Å². The van der Waals surface area contributed by atoms with Crippen LogP contribution in [0.5, 0.6) is 0 Å². The molecule has 2 rings (SSSR count). The molecule has 1 amide bonds. The molecular weight excluding hydrogens is 318 g/mol. The van der Waals surface area contributed by atoms with E-state index in [1.165, 1.54) is 0 Å². The van der Waals surface area contributed by atoms with Crippen LogP contribution in [0.25, 0.3) is 0 Å². The summed E-state index contributed by atoms with van der Waals surface area (Å²) in [4.78, 5) is 14.2. The lowest BCUT2D eigenvalue weighted by Gasteiger charge is -2.22. The molecule has 1 saturated heterocycles. The van der Waals surface area contributed by atoms with E-state index in [1.54, 1.807) is 13.2 Å². The maximum Gasteiger partial charge on any atom is 0.271 e. The number of carbonyl (C=O) groups is 1. The van der Waals surface area contributed by atoms with E-state index < -0.39 is 0 Å². The van der Waals surface area contributed by atoms with Crippen LogP contribution in [0, 0.1) is 0 Å². The summed E-state index contributed by atoms with van der Waals surface area (Å²) in [7, 11) is 3.70. The van der Waals surface area contributed by atoms with Crippen molar-refractivity contribution in [3.8, 4) is 0 Å². The SMILES string of the molecule is COCCN(C)CCNC(=O)c1ccn(C2CCCNC2)n1.Cl. The van der Waals surface area contributed by atoms with Crippen LogP contribution >= 0.6 is 12.4 Å². The van der Waals surface area contributed by atoms with E-state index in [4.69, 9.17) is 4.74 Å². The molecule has 1 aromatic rings. The summed E-state index contributed by atoms with van der Waals surface area (Å²) in [6, 6.07) is 2.15. The molecule has 0 saturated carbocycles. The van der Waals surface area contributed by atoms with Gasteiger partial charge < -0.3 is 20.3 Å². The van der Waals surface area contributed by atoms with Crippen LogP contribution in [0.4, 0.5) is 0 Å². The number of ether oxygens (including phenoxy) is 1. The summed E-state index contributed by atoms with van der Waals surface area (Å²) in [6.45, 7) is 4.95. The zero-order valence-corrected chi connectivity index (χ0v) is 14.8. The topological polar surface area (TPSA) is 71.4 Å². The Balaban J connectivity index is 0.00000264. The number of nitrogens with one attached hydrogen (secondary N) is 2. The van der Waals surface area contributed by atoms with E-state index in [0.717, 1.165) is 39.0 Å². The number of likely N-dealkylation sites (N-methyl/N-ethyl adjacent to an activating group) is 1. The molecule has 132 valence electrons. The molecule has 0 radical (unpaired) electrons. The van der Waals surface area contributed by atoms with Gasteiger partial charge >= 0.3 is 0 Å². The minimum Gasteiger partial charge on any atom is -0.383 e. The largest absolute Gasteiger partial charge is 0.383 e. The van der Waals surface area contributed by atoms with Crippen molar-refractivity contribution < 1.29 is 9.53 Å². The van der Waals surface area contributed by atoms with Crippen molar-refractivity contribution in [2.45, 2.75) is 18.9 Å². The lowest BCUT2D eigenvalue weighted by atomic mass is 10.1. The van der Waals surface area contributed by atoms with Crippen LogP contribution in [0.3, 0.4) is 0 Å². The Morgan fingerprint density at radius 2 is 2.39 bits per heavy atom. The van der Waals surface area contributed by atoms with E-state index in [9.17, 15) is 4.79 Å². The second-order valence-corrected chi connectivity index (χ2v) is 5.73. The lowest BCUT2D eigenvalue weighted by Crippen LogP contribution is -2.35. The molecule has 23 heavy (non-hydrogen) atoms. The van der Waals surface area contributed by atoms with Crippen LogP contribution in [-0.2, 0) is 4.74 Å². The van der Waals surface area contributed by atoms with Gasteiger partial charge in [0.05, 0.1) is 12.6 Å². The Kier molecular flexibility index (Phi) is 9.16. The van der Waals surface area contributed by atoms with Gasteiger partial charge in [-0.15, -0.1) is 12.4 Å². The van der Waals surface area contributed by atoms with Gasteiger partial charge in [0.15, 0.2) is 0 Å². The monoisotopic (exact) mass is 345 g/mol. The third kappa shape index (κ3) is 6.47. The standard InChI is InChI=1S/C15H27N5O2.ClH/c1-19(10-11-22-2)9-7-17-15(21)14-5-8-20(18-14)13-4-3-6-16-12-13;/h5,8,13,16H,3-4,6-7,9-12H2,1-2H3,(H,17,21);1H. The molecule has 2 N–H and O–H groups in total. The van der Waals surface area contributed by atoms with Crippen LogP contribution in [0.2, 0.25) is 0 Å². The first-order chi connectivity index (χ1) is 10.7. The molecule has 2 heterocycles. The van der Waals surface area contributed by atoms with Crippen LogP contribution in [0.15, 0.2) is 12.3 Å². The number of amides is 1. The molecule has 1 aliphatic heterocycles. The van der Waals surface area contributed by atoms with E-state index in [-0.39, 0.29) is 18.3 Å². The molecule has 1 aromatic heterocycles. The van der Waals surface area contributed by atoms with Crippen LogP contribution < -0.4 is 10.6 Å². The fourth-order valence-electron chi connectivity index (χ4n) is 2.53. The molecule has 0 aromatic carbocycles. The Morgan fingerprint density at radius 1 is 1.57 bits per heavy atom. The van der Waals surface area contributed by atoms with Gasteiger partial charge in [-0.2, -0.15) is 5.10 Å². The van der Waals surface area contributed by atoms with Crippen LogP contribution in [-0.4, -0.2) is 74.1 Å². The highest BCUT2D eigenvalue weighted by atomic mass is 35.5. The summed E-state index contributed by atoms with van der Waals surface area (Å²) >= 11 is 0. The molecule has 1 fully saturated rings. The Bertz CT molecular complexity index is 462. The zero-order valence-electron chi connectivity index (χ0n) is 14.0. The first kappa shape index (κ1) is 19.9. The predicted molar refractivity (Wildman–Crippen MR) is 92.3 cm³/mol. The summed E-state index contributed by atoms with van der Waals surface area (Å²) in [6.07, 6.45) is 4.16. The second kappa shape index (κ2) is 10.6. The summed E-state index contributed by atoms with van der Waals surface area (Å²) in [5.74, 6) is -0.109. The number of piperidine rings is 1. The zero-order chi connectivity index (χ0) is 15.8. The number of rotatable bonds is 8. The fourth-order valence-corrected chi connectivity index (χ4v) is 2.53. The maximum absolute atomic E-state index is 12.1. The average Bonchev–Trinajstić information content (AvgIpc) is 3.04. The van der Waals surface area contributed by atoms with Crippen LogP contribution in [0.1, 0.15) is 29.4 Å². The molecule has 1 unspecified atom stereocenters. The van der Waals surface area contributed by atoms with Gasteiger partial charge in [-0.3, -0.25) is 9.48 Å². The molecule has 0 spiro atoms. The van der Waals surface area contributed by atoms with Gasteiger partial charge in [0.2, 0.25) is 0 Å². The quantitative estimate of drug-likeness (QED) is 0.719. The number of halogens is 1. The van der Waals surface area contributed by atoms with Gasteiger partial charge in [0.1, 0.15) is 5.69 Å². The maximum atomic E-state index is 12.1. The number of hydrogen-bond donors (Lipinski definition) is 2. The minimum atomic E-state index is -0.109. The van der Waals surface area contributed by atoms with Gasteiger partial charge in [-0.1, -0.05) is 0 Å². The van der Waals surface area contributed by atoms with Crippen molar-refractivity contribution in [3.63, 3.8) is 0 Å². The Labute approximate surface area is 144 Å². The minimum absolute atomic E-state index is 0. The molecule has 7 nitrogen and oxygen atoms in total. The molecule has 1 aliphatic rings. The van der Waals surface area contributed by atoms with Gasteiger partial charge in [-0.05, 0) is 32.5 Å². The lowest BCUT2D eigenvalue weighted by molar-refractivity contribution is 0.0941. The predicted octanol–water partition coefficient (Wildman–Crippen LogP) is 0.537. The van der Waals surface area contributed by atoms with E-state index in [0.29, 0.717) is 24.9 Å². The summed E-state index contributed by atoms with van der Waals surface area (Å²) < 4.78 is 6.93. The molecule has 0 bridgehead atoms. The molecule has 0 aliphatic carbocycles. The van der Waals surface area contributed by atoms with Crippen molar-refractivity contribution in [1.82, 2.24) is 25.3 Å². The van der Waals surface area contributed by atoms with Crippen molar-refractivity contribution >= 4 is 18.3 Å². The number of carbonyl (C=O) groups excluding carboxylic acids is 1. The Morgan fingerprint density at radius 3 is 3.09 bits per heavy atom. The number of aromatic nitrogens is 2. The first-order valence-corrected chi connectivity index (χ1v) is 7.92. The highest BCUT2D eigenvalue weighted by molar-refractivity contribution is 5.92. The number of hydrogen-bond acceptors (Lipinski definition) is 5. The van der Waals surface area contributed by atoms with E-state index in [1.807, 2.05) is 17.9 Å². The second-order valence-electron chi connectivity index (χ2n) is 5.73. The smallest absolute Gasteiger partial charge is 0.271 e. The van der Waals surface area contributed by atoms with E-state index >= 15 is 0 Å². The van der Waals surface area contributed by atoms with Gasteiger partial charge in [0, 0.05) is 39.5 Å². The molecule has 8 heteroatoms. The van der Waals surface area contributed by atoms with Gasteiger partial charge in [0.25, 0.3) is 5.91 Å². The number of nitrogens with zero attached hydrogens (tertiary/aromatic N) is 3. The summed E-state index contributed by atoms with van der Waals surface area (Å²) in [5, 5.41) is 10.7. The van der Waals surface area contributed by atoms with Crippen molar-refractivity contribution in [2.24, 2.45) is 0 Å². The first-order valence-electron chi connectivity index (χ1n) is 7.92. The average molecular weight is 346 g/mol. The normalized spacial score (nSPS) is 17.8. The van der Waals surface area contributed by atoms with E-state index in [2.05, 4.69) is 20.6 Å². The van der Waals surface area contributed by atoms with Crippen molar-refractivity contribution in [3.05, 3.63) is 18.0 Å². The Hall–Kier alpha value is -1.15. The summed E-state index contributed by atoms with van der Waals surface area (Å²) in [5.41, 5.74) is 0.491. The van der Waals surface area contributed by atoms with Crippen molar-refractivity contribution in [2.75, 3.05) is 53.5 Å². The highest BCUT2D eigenvalue weighted by Crippen LogP contribution is 2.15. The fraction of sp³-hybridized carbons (Fsp3) is 0.733. The molecular formula is C15H28ClN5O2.